The molecule has 0 saturated heterocycles. The van der Waals surface area contributed by atoms with Crippen LogP contribution in [0.15, 0.2) is 42.5 Å². The van der Waals surface area contributed by atoms with E-state index in [0.29, 0.717) is 17.8 Å². The van der Waals surface area contributed by atoms with Crippen molar-refractivity contribution < 1.29 is 9.59 Å². The van der Waals surface area contributed by atoms with E-state index in [2.05, 4.69) is 28.9 Å². The van der Waals surface area contributed by atoms with Crippen molar-refractivity contribution in [1.29, 1.82) is 0 Å². The third-order valence-corrected chi connectivity index (χ3v) is 4.32. The Bertz CT molecular complexity index is 770. The summed E-state index contributed by atoms with van der Waals surface area (Å²) >= 11 is 0. The number of benzene rings is 2. The molecule has 0 heterocycles. The van der Waals surface area contributed by atoms with Gasteiger partial charge >= 0.3 is 0 Å². The van der Waals surface area contributed by atoms with Crippen molar-refractivity contribution in [2.75, 3.05) is 23.7 Å². The van der Waals surface area contributed by atoms with Crippen LogP contribution >= 0.6 is 0 Å². The molecule has 0 radical (unpaired) electrons. The zero-order valence-electron chi connectivity index (χ0n) is 16.4. The number of aryl methyl sites for hydroxylation is 2. The Morgan fingerprint density at radius 2 is 1.70 bits per heavy atom. The quantitative estimate of drug-likeness (QED) is 0.580. The van der Waals surface area contributed by atoms with Crippen molar-refractivity contribution in [3.05, 3.63) is 59.2 Å². The zero-order valence-corrected chi connectivity index (χ0v) is 16.4. The van der Waals surface area contributed by atoms with Crippen LogP contribution in [0.4, 0.5) is 11.4 Å². The maximum Gasteiger partial charge on any atom is 0.251 e. The molecule has 0 fully saturated rings. The summed E-state index contributed by atoms with van der Waals surface area (Å²) in [6, 6.07) is 13.0. The van der Waals surface area contributed by atoms with E-state index in [9.17, 15) is 9.59 Å². The van der Waals surface area contributed by atoms with Crippen molar-refractivity contribution >= 4 is 23.2 Å². The lowest BCUT2D eigenvalue weighted by atomic mass is 10.1. The largest absolute Gasteiger partial charge is 0.376 e. The van der Waals surface area contributed by atoms with Crippen LogP contribution in [0.2, 0.25) is 0 Å². The van der Waals surface area contributed by atoms with E-state index in [1.165, 1.54) is 5.56 Å². The molecule has 0 aliphatic rings. The molecule has 2 rings (SSSR count). The second-order valence-electron chi connectivity index (χ2n) is 6.76. The van der Waals surface area contributed by atoms with Gasteiger partial charge in [0.05, 0.1) is 6.54 Å². The highest BCUT2D eigenvalue weighted by atomic mass is 16.2. The van der Waals surface area contributed by atoms with E-state index in [1.54, 1.807) is 24.3 Å². The Morgan fingerprint density at radius 1 is 0.963 bits per heavy atom. The number of unbranched alkanes of at least 4 members (excludes halogenated alkanes) is 2. The Balaban J connectivity index is 1.81. The number of carbonyl (C=O) groups excluding carboxylic acids is 2. The number of hydrogen-bond donors (Lipinski definition) is 3. The average Bonchev–Trinajstić information content (AvgIpc) is 2.65. The molecule has 2 aromatic carbocycles. The number of hydrogen-bond acceptors (Lipinski definition) is 3. The lowest BCUT2D eigenvalue weighted by Gasteiger charge is -2.11. The smallest absolute Gasteiger partial charge is 0.251 e. The van der Waals surface area contributed by atoms with E-state index >= 15 is 0 Å². The molecule has 0 spiro atoms. The highest BCUT2D eigenvalue weighted by Gasteiger charge is 2.07. The van der Waals surface area contributed by atoms with Gasteiger partial charge in [-0.05, 0) is 56.2 Å². The molecule has 2 amide bonds. The zero-order chi connectivity index (χ0) is 19.6. The Kier molecular flexibility index (Phi) is 7.86. The van der Waals surface area contributed by atoms with Crippen LogP contribution < -0.4 is 16.0 Å². The Labute approximate surface area is 161 Å². The monoisotopic (exact) mass is 367 g/mol. The van der Waals surface area contributed by atoms with Crippen LogP contribution in [-0.2, 0) is 4.79 Å². The van der Waals surface area contributed by atoms with Crippen molar-refractivity contribution in [1.82, 2.24) is 5.32 Å². The van der Waals surface area contributed by atoms with Gasteiger partial charge in [-0.15, -0.1) is 0 Å². The Morgan fingerprint density at radius 3 is 2.37 bits per heavy atom. The molecule has 0 aliphatic carbocycles. The first kappa shape index (κ1) is 20.5. The molecule has 0 saturated carbocycles. The molecular weight excluding hydrogens is 338 g/mol. The molecule has 0 aliphatic heterocycles. The van der Waals surface area contributed by atoms with E-state index in [4.69, 9.17) is 0 Å². The van der Waals surface area contributed by atoms with Crippen LogP contribution in [-0.4, -0.2) is 24.9 Å². The first-order chi connectivity index (χ1) is 13.0. The van der Waals surface area contributed by atoms with Crippen molar-refractivity contribution in [2.45, 2.75) is 40.0 Å². The fourth-order valence-electron chi connectivity index (χ4n) is 2.78. The molecule has 144 valence electrons. The molecule has 5 nitrogen and oxygen atoms in total. The highest BCUT2D eigenvalue weighted by Crippen LogP contribution is 2.16. The average molecular weight is 367 g/mol. The first-order valence-electron chi connectivity index (χ1n) is 9.49. The molecular formula is C22H29N3O2. The fourth-order valence-corrected chi connectivity index (χ4v) is 2.78. The molecule has 5 heteroatoms. The summed E-state index contributed by atoms with van der Waals surface area (Å²) in [4.78, 5) is 24.2. The van der Waals surface area contributed by atoms with Gasteiger partial charge in [0.25, 0.3) is 5.91 Å². The summed E-state index contributed by atoms with van der Waals surface area (Å²) in [5.41, 5.74) is 4.52. The van der Waals surface area contributed by atoms with Crippen LogP contribution in [0.25, 0.3) is 0 Å². The summed E-state index contributed by atoms with van der Waals surface area (Å²) in [5.74, 6) is -0.216. The second kappa shape index (κ2) is 10.4. The molecule has 0 bridgehead atoms. The minimum atomic E-state index is -0.133. The van der Waals surface area contributed by atoms with E-state index in [0.717, 1.165) is 30.5 Å². The lowest BCUT2D eigenvalue weighted by molar-refractivity contribution is -0.114. The topological polar surface area (TPSA) is 70.2 Å². The summed E-state index contributed by atoms with van der Waals surface area (Å²) in [6.07, 6.45) is 3.23. The summed E-state index contributed by atoms with van der Waals surface area (Å²) in [6.45, 7) is 7.06. The molecule has 2 aromatic rings. The number of amides is 2. The highest BCUT2D eigenvalue weighted by molar-refractivity contribution is 5.96. The van der Waals surface area contributed by atoms with E-state index in [-0.39, 0.29) is 18.4 Å². The van der Waals surface area contributed by atoms with Gasteiger partial charge in [-0.2, -0.15) is 0 Å². The van der Waals surface area contributed by atoms with Crippen LogP contribution in [0.5, 0.6) is 0 Å². The van der Waals surface area contributed by atoms with Gasteiger partial charge in [-0.25, -0.2) is 0 Å². The molecule has 27 heavy (non-hydrogen) atoms. The van der Waals surface area contributed by atoms with Gasteiger partial charge in [0.15, 0.2) is 0 Å². The summed E-state index contributed by atoms with van der Waals surface area (Å²) in [7, 11) is 0. The predicted molar refractivity (Wildman–Crippen MR) is 111 cm³/mol. The summed E-state index contributed by atoms with van der Waals surface area (Å²) < 4.78 is 0. The number of rotatable bonds is 9. The normalized spacial score (nSPS) is 10.3. The summed E-state index contributed by atoms with van der Waals surface area (Å²) in [5, 5.41) is 8.89. The van der Waals surface area contributed by atoms with Gasteiger partial charge in [-0.3, -0.25) is 9.59 Å². The third kappa shape index (κ3) is 6.77. The molecule has 0 aromatic heterocycles. The Hall–Kier alpha value is -2.82. The van der Waals surface area contributed by atoms with Crippen LogP contribution in [0.1, 0.15) is 47.7 Å². The van der Waals surface area contributed by atoms with E-state index in [1.807, 2.05) is 26.0 Å². The third-order valence-electron chi connectivity index (χ3n) is 4.32. The predicted octanol–water partition coefficient (Wildman–Crippen LogP) is 4.27. The maximum absolute atomic E-state index is 12.1. The van der Waals surface area contributed by atoms with Gasteiger partial charge in [0.1, 0.15) is 0 Å². The van der Waals surface area contributed by atoms with Gasteiger partial charge in [0.2, 0.25) is 5.91 Å². The number of anilines is 2. The van der Waals surface area contributed by atoms with Crippen molar-refractivity contribution in [2.24, 2.45) is 0 Å². The molecule has 0 unspecified atom stereocenters. The van der Waals surface area contributed by atoms with Gasteiger partial charge in [-0.1, -0.05) is 37.5 Å². The van der Waals surface area contributed by atoms with Crippen LogP contribution in [0, 0.1) is 13.8 Å². The van der Waals surface area contributed by atoms with Gasteiger partial charge in [0, 0.05) is 23.5 Å². The van der Waals surface area contributed by atoms with Gasteiger partial charge < -0.3 is 16.0 Å². The van der Waals surface area contributed by atoms with Crippen molar-refractivity contribution in [3.63, 3.8) is 0 Å². The maximum atomic E-state index is 12.1. The lowest BCUT2D eigenvalue weighted by Crippen LogP contribution is -2.24. The van der Waals surface area contributed by atoms with E-state index < -0.39 is 0 Å². The minimum absolute atomic E-state index is 0.0829. The fraction of sp³-hybridized carbons (Fsp3) is 0.364. The minimum Gasteiger partial charge on any atom is -0.376 e. The second-order valence-corrected chi connectivity index (χ2v) is 6.76. The number of nitrogens with one attached hydrogen (secondary N) is 3. The molecule has 3 N–H and O–H groups in total. The first-order valence-corrected chi connectivity index (χ1v) is 9.49. The van der Waals surface area contributed by atoms with Crippen LogP contribution in [0.3, 0.4) is 0 Å². The molecule has 0 atom stereocenters. The number of carbonyl (C=O) groups is 2. The SMILES string of the molecule is CCCCCNC(=O)c1ccc(NC(=O)CNc2ccc(C)cc2C)cc1. The standard InChI is InChI=1S/C22H29N3O2/c1-4-5-6-13-23-22(27)18-8-10-19(11-9-18)25-21(26)15-24-20-12-7-16(2)14-17(20)3/h7-12,14,24H,4-6,13,15H2,1-3H3,(H,23,27)(H,25,26). The van der Waals surface area contributed by atoms with Crippen molar-refractivity contribution in [3.8, 4) is 0 Å².